The van der Waals surface area contributed by atoms with Crippen LogP contribution in [0.15, 0.2) is 0 Å². The standard InChI is InChI=1S/C5H9O2.CH3Cl/c1-5(2,3)4(6)7;1-2/h1-3H3;1H3. The number of hydrogen-bond acceptors (Lipinski definition) is 1. The van der Waals surface area contributed by atoms with E-state index < -0.39 is 11.4 Å². The Morgan fingerprint density at radius 1 is 1.22 bits per heavy atom. The molecule has 0 aromatic rings. The lowest BCUT2D eigenvalue weighted by atomic mass is 9.98. The molecule has 0 bridgehead atoms. The van der Waals surface area contributed by atoms with Gasteiger partial charge >= 0.3 is 5.97 Å². The zero-order valence-corrected chi connectivity index (χ0v) is 6.95. The van der Waals surface area contributed by atoms with Crippen molar-refractivity contribution < 1.29 is 9.90 Å². The number of carbonyl (C=O) groups is 1. The van der Waals surface area contributed by atoms with Crippen molar-refractivity contribution in [2.75, 3.05) is 6.38 Å². The van der Waals surface area contributed by atoms with E-state index in [0.29, 0.717) is 0 Å². The Kier molecular flexibility index (Phi) is 5.93. The van der Waals surface area contributed by atoms with Crippen LogP contribution in [-0.4, -0.2) is 12.4 Å². The van der Waals surface area contributed by atoms with Crippen molar-refractivity contribution in [1.82, 2.24) is 0 Å². The van der Waals surface area contributed by atoms with Crippen LogP contribution in [-0.2, 0) is 9.90 Å². The van der Waals surface area contributed by atoms with Crippen molar-refractivity contribution in [2.24, 2.45) is 5.41 Å². The van der Waals surface area contributed by atoms with Gasteiger partial charge < -0.3 is 0 Å². The SMILES string of the molecule is CC(C)(C)C([O])=O.CCl. The summed E-state index contributed by atoms with van der Waals surface area (Å²) in [5.74, 6) is -1.01. The maximum Gasteiger partial charge on any atom is 0.360 e. The fourth-order valence-corrected chi connectivity index (χ4v) is 0. The minimum atomic E-state index is -1.01. The van der Waals surface area contributed by atoms with E-state index in [1.54, 1.807) is 20.8 Å². The fraction of sp³-hybridized carbons (Fsp3) is 0.833. The van der Waals surface area contributed by atoms with Crippen molar-refractivity contribution in [2.45, 2.75) is 20.8 Å². The van der Waals surface area contributed by atoms with Crippen LogP contribution in [0.4, 0.5) is 0 Å². The molecule has 0 fully saturated rings. The second kappa shape index (κ2) is 4.62. The van der Waals surface area contributed by atoms with Gasteiger partial charge in [-0.3, -0.25) is 0 Å². The Bertz CT molecular complexity index is 83.5. The van der Waals surface area contributed by atoms with Crippen molar-refractivity contribution in [3.05, 3.63) is 0 Å². The molecule has 9 heavy (non-hydrogen) atoms. The smallest absolute Gasteiger partial charge is 0.247 e. The summed E-state index contributed by atoms with van der Waals surface area (Å²) in [5.41, 5.74) is -0.694. The molecule has 0 heterocycles. The molecule has 1 radical (unpaired) electrons. The molecule has 3 heteroatoms. The van der Waals surface area contributed by atoms with Crippen LogP contribution in [0.25, 0.3) is 0 Å². The second-order valence-electron chi connectivity index (χ2n) is 2.54. The first-order valence-electron chi connectivity index (χ1n) is 2.54. The minimum absolute atomic E-state index is 0.694. The average molecular weight is 152 g/mol. The second-order valence-corrected chi connectivity index (χ2v) is 2.54. The Hall–Kier alpha value is -0.240. The molecule has 0 saturated carbocycles. The molecule has 0 N–H and O–H groups in total. The monoisotopic (exact) mass is 151 g/mol. The molecule has 0 aromatic heterocycles. The molecule has 0 spiro atoms. The normalized spacial score (nSPS) is 9.44. The number of hydrogen-bond donors (Lipinski definition) is 0. The Morgan fingerprint density at radius 2 is 1.33 bits per heavy atom. The van der Waals surface area contributed by atoms with Crippen LogP contribution in [0.1, 0.15) is 20.8 Å². The van der Waals surface area contributed by atoms with E-state index in [-0.39, 0.29) is 0 Å². The van der Waals surface area contributed by atoms with Crippen LogP contribution in [0.2, 0.25) is 0 Å². The zero-order chi connectivity index (χ0) is 8.08. The number of alkyl halides is 1. The molecular formula is C6H12ClO2. The van der Waals surface area contributed by atoms with Gasteiger partial charge in [0.25, 0.3) is 0 Å². The largest absolute Gasteiger partial charge is 0.360 e. The molecular weight excluding hydrogens is 140 g/mol. The van der Waals surface area contributed by atoms with E-state index >= 15 is 0 Å². The summed E-state index contributed by atoms with van der Waals surface area (Å²) in [4.78, 5) is 9.91. The van der Waals surface area contributed by atoms with Gasteiger partial charge in [-0.2, -0.15) is 0 Å². The first kappa shape index (κ1) is 11.5. The highest BCUT2D eigenvalue weighted by atomic mass is 35.5. The van der Waals surface area contributed by atoms with Crippen molar-refractivity contribution in [3.63, 3.8) is 0 Å². The van der Waals surface area contributed by atoms with E-state index in [2.05, 4.69) is 11.6 Å². The van der Waals surface area contributed by atoms with Gasteiger partial charge in [0.2, 0.25) is 0 Å². The summed E-state index contributed by atoms with van der Waals surface area (Å²) < 4.78 is 0. The predicted molar refractivity (Wildman–Crippen MR) is 36.9 cm³/mol. The molecule has 0 aromatic carbocycles. The Morgan fingerprint density at radius 3 is 1.33 bits per heavy atom. The highest BCUT2D eigenvalue weighted by Crippen LogP contribution is 2.11. The summed E-state index contributed by atoms with van der Waals surface area (Å²) >= 11 is 4.64. The Balaban J connectivity index is 0. The van der Waals surface area contributed by atoms with Gasteiger partial charge in [-0.05, 0) is 20.8 Å². The zero-order valence-electron chi connectivity index (χ0n) is 6.19. The highest BCUT2D eigenvalue weighted by Gasteiger charge is 2.21. The van der Waals surface area contributed by atoms with Gasteiger partial charge in [-0.15, -0.1) is 11.6 Å². The van der Waals surface area contributed by atoms with Crippen LogP contribution in [0, 0.1) is 5.41 Å². The first-order valence-corrected chi connectivity index (χ1v) is 3.29. The van der Waals surface area contributed by atoms with E-state index in [1.165, 1.54) is 6.38 Å². The highest BCUT2D eigenvalue weighted by molar-refractivity contribution is 6.15. The number of carbonyl (C=O) groups excluding carboxylic acids is 1. The molecule has 0 rings (SSSR count). The summed E-state index contributed by atoms with van der Waals surface area (Å²) in [6.07, 6.45) is 1.47. The van der Waals surface area contributed by atoms with Gasteiger partial charge in [0, 0.05) is 6.38 Å². The van der Waals surface area contributed by atoms with Gasteiger partial charge in [0.05, 0.1) is 5.41 Å². The third-order valence-electron chi connectivity index (χ3n) is 0.612. The molecule has 0 atom stereocenters. The number of halogens is 1. The lowest BCUT2D eigenvalue weighted by molar-refractivity contribution is -0.152. The summed E-state index contributed by atoms with van der Waals surface area (Å²) in [6.45, 7) is 4.80. The van der Waals surface area contributed by atoms with Crippen LogP contribution in [0.3, 0.4) is 0 Å². The maximum atomic E-state index is 9.91. The maximum absolute atomic E-state index is 9.91. The molecule has 0 aliphatic heterocycles. The van der Waals surface area contributed by atoms with E-state index in [1.807, 2.05) is 0 Å². The quantitative estimate of drug-likeness (QED) is 0.487. The first-order chi connectivity index (χ1) is 3.94. The lowest BCUT2D eigenvalue weighted by Gasteiger charge is -2.06. The molecule has 0 amide bonds. The summed E-state index contributed by atoms with van der Waals surface area (Å²) in [5, 5.41) is 9.91. The van der Waals surface area contributed by atoms with Crippen molar-refractivity contribution in [3.8, 4) is 0 Å². The van der Waals surface area contributed by atoms with E-state index in [0.717, 1.165) is 0 Å². The summed E-state index contributed by atoms with van der Waals surface area (Å²) in [6, 6.07) is 0. The van der Waals surface area contributed by atoms with Crippen molar-refractivity contribution in [1.29, 1.82) is 0 Å². The third kappa shape index (κ3) is 7.76. The molecule has 0 aliphatic carbocycles. The minimum Gasteiger partial charge on any atom is -0.247 e. The predicted octanol–water partition coefficient (Wildman–Crippen LogP) is 1.84. The van der Waals surface area contributed by atoms with Gasteiger partial charge in [0.1, 0.15) is 0 Å². The number of rotatable bonds is 0. The van der Waals surface area contributed by atoms with Crippen molar-refractivity contribution >= 4 is 17.6 Å². The molecule has 2 nitrogen and oxygen atoms in total. The van der Waals surface area contributed by atoms with E-state index in [4.69, 9.17) is 0 Å². The van der Waals surface area contributed by atoms with Gasteiger partial charge in [-0.1, -0.05) is 0 Å². The lowest BCUT2D eigenvalue weighted by Crippen LogP contribution is -2.17. The van der Waals surface area contributed by atoms with Gasteiger partial charge in [0.15, 0.2) is 0 Å². The molecule has 0 unspecified atom stereocenters. The average Bonchev–Trinajstić information content (AvgIpc) is 1.69. The van der Waals surface area contributed by atoms with Crippen LogP contribution < -0.4 is 0 Å². The summed E-state index contributed by atoms with van der Waals surface area (Å²) in [7, 11) is 0. The molecule has 0 saturated heterocycles. The molecule has 0 aliphatic rings. The Labute approximate surface area is 60.8 Å². The third-order valence-corrected chi connectivity index (χ3v) is 0.612. The fourth-order valence-electron chi connectivity index (χ4n) is 0. The van der Waals surface area contributed by atoms with Crippen LogP contribution >= 0.6 is 11.6 Å². The molecule has 55 valence electrons. The topological polar surface area (TPSA) is 37.0 Å². The van der Waals surface area contributed by atoms with Gasteiger partial charge in [-0.25, -0.2) is 9.90 Å². The van der Waals surface area contributed by atoms with Crippen LogP contribution in [0.5, 0.6) is 0 Å². The van der Waals surface area contributed by atoms with E-state index in [9.17, 15) is 9.90 Å².